The molecule has 2 unspecified atom stereocenters. The summed E-state index contributed by atoms with van der Waals surface area (Å²) in [5.74, 6) is 0. The van der Waals surface area contributed by atoms with Gasteiger partial charge in [0.15, 0.2) is 9.84 Å². The van der Waals surface area contributed by atoms with Crippen LogP contribution < -0.4 is 11.1 Å². The SMILES string of the molecule is CNC(CCN)C(O)c1ccc(S(C)(=O)=O)cc1. The molecule has 0 saturated carbocycles. The third-order valence-corrected chi connectivity index (χ3v) is 4.01. The lowest BCUT2D eigenvalue weighted by Gasteiger charge is -2.22. The van der Waals surface area contributed by atoms with Crippen LogP contribution in [-0.4, -0.2) is 39.4 Å². The van der Waals surface area contributed by atoms with Crippen molar-refractivity contribution in [3.05, 3.63) is 29.8 Å². The van der Waals surface area contributed by atoms with Gasteiger partial charge in [0.1, 0.15) is 0 Å². The van der Waals surface area contributed by atoms with Crippen molar-refractivity contribution in [3.63, 3.8) is 0 Å². The third kappa shape index (κ3) is 3.78. The molecule has 0 amide bonds. The van der Waals surface area contributed by atoms with Gasteiger partial charge in [-0.15, -0.1) is 0 Å². The first kappa shape index (κ1) is 15.1. The van der Waals surface area contributed by atoms with Crippen LogP contribution >= 0.6 is 0 Å². The van der Waals surface area contributed by atoms with Gasteiger partial charge in [0.05, 0.1) is 11.0 Å². The molecule has 0 radical (unpaired) electrons. The summed E-state index contributed by atoms with van der Waals surface area (Å²) < 4.78 is 22.6. The van der Waals surface area contributed by atoms with Crippen LogP contribution in [0.15, 0.2) is 29.2 Å². The molecule has 102 valence electrons. The third-order valence-electron chi connectivity index (χ3n) is 2.88. The average molecular weight is 272 g/mol. The van der Waals surface area contributed by atoms with Crippen molar-refractivity contribution in [3.8, 4) is 0 Å². The van der Waals surface area contributed by atoms with Crippen molar-refractivity contribution in [1.29, 1.82) is 0 Å². The normalized spacial score (nSPS) is 15.3. The molecule has 0 aromatic heterocycles. The summed E-state index contributed by atoms with van der Waals surface area (Å²) in [6, 6.07) is 6.12. The molecule has 18 heavy (non-hydrogen) atoms. The molecule has 1 aromatic carbocycles. The lowest BCUT2D eigenvalue weighted by atomic mass is 10.00. The Morgan fingerprint density at radius 2 is 1.89 bits per heavy atom. The van der Waals surface area contributed by atoms with E-state index in [0.717, 1.165) is 6.26 Å². The summed E-state index contributed by atoms with van der Waals surface area (Å²) in [5.41, 5.74) is 6.15. The Bertz CT molecular complexity index is 471. The molecule has 0 saturated heterocycles. The number of aliphatic hydroxyl groups is 1. The van der Waals surface area contributed by atoms with Gasteiger partial charge >= 0.3 is 0 Å². The topological polar surface area (TPSA) is 92.4 Å². The summed E-state index contributed by atoms with van der Waals surface area (Å²) in [6.07, 6.45) is 1.10. The van der Waals surface area contributed by atoms with Gasteiger partial charge in [-0.25, -0.2) is 8.42 Å². The molecule has 6 heteroatoms. The first-order valence-electron chi connectivity index (χ1n) is 5.75. The standard InChI is InChI=1S/C12H20N2O3S/c1-14-11(7-8-13)12(15)9-3-5-10(6-4-9)18(2,16)17/h3-6,11-12,14-15H,7-8,13H2,1-2H3. The number of benzene rings is 1. The van der Waals surface area contributed by atoms with Crippen molar-refractivity contribution in [2.24, 2.45) is 5.73 Å². The van der Waals surface area contributed by atoms with Gasteiger partial charge < -0.3 is 16.2 Å². The Morgan fingerprint density at radius 1 is 1.33 bits per heavy atom. The number of hydrogen-bond donors (Lipinski definition) is 3. The minimum Gasteiger partial charge on any atom is -0.387 e. The first-order valence-corrected chi connectivity index (χ1v) is 7.64. The second-order valence-corrected chi connectivity index (χ2v) is 6.27. The molecule has 1 aromatic rings. The Hall–Kier alpha value is -0.950. The number of likely N-dealkylation sites (N-methyl/N-ethyl adjacent to an activating group) is 1. The monoisotopic (exact) mass is 272 g/mol. The van der Waals surface area contributed by atoms with E-state index in [9.17, 15) is 13.5 Å². The Balaban J connectivity index is 2.91. The van der Waals surface area contributed by atoms with Crippen molar-refractivity contribution in [2.75, 3.05) is 19.8 Å². The van der Waals surface area contributed by atoms with E-state index >= 15 is 0 Å². The van der Waals surface area contributed by atoms with Crippen LogP contribution in [0.2, 0.25) is 0 Å². The summed E-state index contributed by atoms with van der Waals surface area (Å²) in [7, 11) is -1.44. The molecule has 2 atom stereocenters. The first-order chi connectivity index (χ1) is 8.40. The highest BCUT2D eigenvalue weighted by Crippen LogP contribution is 2.20. The van der Waals surface area contributed by atoms with E-state index in [4.69, 9.17) is 5.73 Å². The van der Waals surface area contributed by atoms with Gasteiger partial charge in [-0.05, 0) is 37.7 Å². The summed E-state index contributed by atoms with van der Waals surface area (Å²) in [6.45, 7) is 0.476. The van der Waals surface area contributed by atoms with Crippen LogP contribution in [0.4, 0.5) is 0 Å². The highest BCUT2D eigenvalue weighted by molar-refractivity contribution is 7.90. The van der Waals surface area contributed by atoms with E-state index in [-0.39, 0.29) is 10.9 Å². The van der Waals surface area contributed by atoms with Crippen LogP contribution in [-0.2, 0) is 9.84 Å². The zero-order valence-corrected chi connectivity index (χ0v) is 11.4. The minimum absolute atomic E-state index is 0.140. The second-order valence-electron chi connectivity index (χ2n) is 4.26. The maximum Gasteiger partial charge on any atom is 0.175 e. The van der Waals surface area contributed by atoms with E-state index in [2.05, 4.69) is 5.32 Å². The zero-order valence-electron chi connectivity index (χ0n) is 10.6. The number of nitrogens with one attached hydrogen (secondary N) is 1. The average Bonchev–Trinajstić information content (AvgIpc) is 2.34. The summed E-state index contributed by atoms with van der Waals surface area (Å²) in [4.78, 5) is 0.248. The van der Waals surface area contributed by atoms with Gasteiger partial charge in [-0.1, -0.05) is 12.1 Å². The van der Waals surface area contributed by atoms with Gasteiger partial charge in [-0.3, -0.25) is 0 Å². The van der Waals surface area contributed by atoms with E-state index < -0.39 is 15.9 Å². The number of rotatable bonds is 6. The molecule has 5 nitrogen and oxygen atoms in total. The van der Waals surface area contributed by atoms with Gasteiger partial charge in [0.2, 0.25) is 0 Å². The fourth-order valence-corrected chi connectivity index (χ4v) is 2.41. The summed E-state index contributed by atoms with van der Waals surface area (Å²) in [5, 5.41) is 13.1. The second kappa shape index (κ2) is 6.29. The zero-order chi connectivity index (χ0) is 13.8. The molecule has 0 aliphatic heterocycles. The van der Waals surface area contributed by atoms with Gasteiger partial charge in [0.25, 0.3) is 0 Å². The number of hydrogen-bond acceptors (Lipinski definition) is 5. The quantitative estimate of drug-likeness (QED) is 0.681. The highest BCUT2D eigenvalue weighted by atomic mass is 32.2. The van der Waals surface area contributed by atoms with Crippen LogP contribution in [0.3, 0.4) is 0 Å². The van der Waals surface area contributed by atoms with Crippen molar-refractivity contribution in [2.45, 2.75) is 23.5 Å². The van der Waals surface area contributed by atoms with Crippen molar-refractivity contribution < 1.29 is 13.5 Å². The maximum atomic E-state index is 11.3. The molecular weight excluding hydrogens is 252 g/mol. The molecule has 0 aliphatic rings. The van der Waals surface area contributed by atoms with Crippen molar-refractivity contribution >= 4 is 9.84 Å². The predicted octanol–water partition coefficient (Wildman–Crippen LogP) is 0.0603. The number of nitrogens with two attached hydrogens (primary N) is 1. The lowest BCUT2D eigenvalue weighted by Crippen LogP contribution is -2.34. The number of sulfone groups is 1. The van der Waals surface area contributed by atoms with Crippen LogP contribution in [0.5, 0.6) is 0 Å². The van der Waals surface area contributed by atoms with Crippen molar-refractivity contribution in [1.82, 2.24) is 5.32 Å². The van der Waals surface area contributed by atoms with Crippen LogP contribution in [0.25, 0.3) is 0 Å². The molecule has 1 rings (SSSR count). The Kier molecular flexibility index (Phi) is 5.28. The molecule has 0 aliphatic carbocycles. The fourth-order valence-electron chi connectivity index (χ4n) is 1.78. The van der Waals surface area contributed by atoms with Gasteiger partial charge in [-0.2, -0.15) is 0 Å². The Labute approximate surface area is 108 Å². The van der Waals surface area contributed by atoms with E-state index in [1.165, 1.54) is 12.1 Å². The molecule has 0 heterocycles. The molecular formula is C12H20N2O3S. The molecule has 0 bridgehead atoms. The predicted molar refractivity (Wildman–Crippen MR) is 71.0 cm³/mol. The fraction of sp³-hybridized carbons (Fsp3) is 0.500. The van der Waals surface area contributed by atoms with E-state index in [1.54, 1.807) is 19.2 Å². The van der Waals surface area contributed by atoms with E-state index in [0.29, 0.717) is 18.5 Å². The van der Waals surface area contributed by atoms with E-state index in [1.807, 2.05) is 0 Å². The largest absolute Gasteiger partial charge is 0.387 e. The smallest absolute Gasteiger partial charge is 0.175 e. The molecule has 4 N–H and O–H groups in total. The molecule has 0 spiro atoms. The number of aliphatic hydroxyl groups excluding tert-OH is 1. The minimum atomic E-state index is -3.20. The maximum absolute atomic E-state index is 11.3. The molecule has 0 fully saturated rings. The highest BCUT2D eigenvalue weighted by Gasteiger charge is 2.19. The lowest BCUT2D eigenvalue weighted by molar-refractivity contribution is 0.129. The summed E-state index contributed by atoms with van der Waals surface area (Å²) >= 11 is 0. The Morgan fingerprint density at radius 3 is 2.28 bits per heavy atom. The van der Waals surface area contributed by atoms with Crippen LogP contribution in [0, 0.1) is 0 Å². The van der Waals surface area contributed by atoms with Crippen LogP contribution in [0.1, 0.15) is 18.1 Å². The van der Waals surface area contributed by atoms with Gasteiger partial charge in [0, 0.05) is 12.3 Å².